The van der Waals surface area contributed by atoms with E-state index in [1.54, 1.807) is 24.3 Å². The number of pyridine rings is 1. The Balaban J connectivity index is 2.22. The Morgan fingerprint density at radius 3 is 2.50 bits per heavy atom. The van der Waals surface area contributed by atoms with Gasteiger partial charge in [0.25, 0.3) is 0 Å². The van der Waals surface area contributed by atoms with Crippen LogP contribution in [0.25, 0.3) is 0 Å². The van der Waals surface area contributed by atoms with Gasteiger partial charge in [0.05, 0.1) is 0 Å². The summed E-state index contributed by atoms with van der Waals surface area (Å²) in [5, 5.41) is 0.0773. The SMILES string of the molecule is O=S(O)c1cccc(Oc2ccccc2)n1. The lowest BCUT2D eigenvalue weighted by Gasteiger charge is -2.04. The molecule has 0 saturated heterocycles. The Labute approximate surface area is 95.2 Å². The highest BCUT2D eigenvalue weighted by Gasteiger charge is 2.04. The topological polar surface area (TPSA) is 59.4 Å². The molecule has 0 fully saturated rings. The molecule has 5 heteroatoms. The fourth-order valence-corrected chi connectivity index (χ4v) is 1.52. The third kappa shape index (κ3) is 2.65. The second-order valence-corrected chi connectivity index (χ2v) is 3.89. The van der Waals surface area contributed by atoms with E-state index in [4.69, 9.17) is 9.29 Å². The summed E-state index contributed by atoms with van der Waals surface area (Å²) >= 11 is -2.09. The number of para-hydroxylation sites is 1. The highest BCUT2D eigenvalue weighted by atomic mass is 32.2. The van der Waals surface area contributed by atoms with E-state index in [1.165, 1.54) is 6.07 Å². The molecule has 1 aromatic carbocycles. The van der Waals surface area contributed by atoms with Crippen molar-refractivity contribution in [3.05, 3.63) is 48.5 Å². The van der Waals surface area contributed by atoms with E-state index >= 15 is 0 Å². The lowest BCUT2D eigenvalue weighted by Crippen LogP contribution is -1.95. The summed E-state index contributed by atoms with van der Waals surface area (Å²) < 4.78 is 25.1. The van der Waals surface area contributed by atoms with Crippen LogP contribution in [0, 0.1) is 0 Å². The number of hydrogen-bond donors (Lipinski definition) is 1. The third-order valence-electron chi connectivity index (χ3n) is 1.84. The average Bonchev–Trinajstić information content (AvgIpc) is 2.30. The summed E-state index contributed by atoms with van der Waals surface area (Å²) in [4.78, 5) is 3.90. The van der Waals surface area contributed by atoms with Crippen molar-refractivity contribution in [2.75, 3.05) is 0 Å². The van der Waals surface area contributed by atoms with Crippen molar-refractivity contribution in [2.45, 2.75) is 5.03 Å². The van der Waals surface area contributed by atoms with Crippen molar-refractivity contribution in [3.63, 3.8) is 0 Å². The van der Waals surface area contributed by atoms with Crippen LogP contribution in [0.2, 0.25) is 0 Å². The van der Waals surface area contributed by atoms with E-state index in [2.05, 4.69) is 4.98 Å². The average molecular weight is 235 g/mol. The zero-order chi connectivity index (χ0) is 11.4. The lowest BCUT2D eigenvalue weighted by atomic mass is 10.3. The fourth-order valence-electron chi connectivity index (χ4n) is 1.16. The number of aromatic nitrogens is 1. The monoisotopic (exact) mass is 235 g/mol. The molecule has 0 aliphatic heterocycles. The zero-order valence-corrected chi connectivity index (χ0v) is 9.05. The van der Waals surface area contributed by atoms with Gasteiger partial charge < -0.3 is 9.29 Å². The third-order valence-corrected chi connectivity index (χ3v) is 2.43. The Bertz CT molecular complexity index is 502. The standard InChI is InChI=1S/C11H9NO3S/c13-16(14)11-8-4-7-10(12-11)15-9-5-2-1-3-6-9/h1-8H,(H,13,14). The highest BCUT2D eigenvalue weighted by molar-refractivity contribution is 7.79. The van der Waals surface area contributed by atoms with E-state index in [0.29, 0.717) is 11.6 Å². The number of benzene rings is 1. The van der Waals surface area contributed by atoms with Gasteiger partial charge in [0.15, 0.2) is 5.03 Å². The molecule has 2 aromatic rings. The lowest BCUT2D eigenvalue weighted by molar-refractivity contribution is 0.456. The number of nitrogens with zero attached hydrogens (tertiary/aromatic N) is 1. The summed E-state index contributed by atoms with van der Waals surface area (Å²) in [6.07, 6.45) is 0. The normalized spacial score (nSPS) is 12.1. The molecule has 1 N–H and O–H groups in total. The van der Waals surface area contributed by atoms with E-state index in [0.717, 1.165) is 0 Å². The van der Waals surface area contributed by atoms with E-state index in [1.807, 2.05) is 18.2 Å². The summed E-state index contributed by atoms with van der Waals surface area (Å²) in [6.45, 7) is 0. The minimum Gasteiger partial charge on any atom is -0.439 e. The van der Waals surface area contributed by atoms with Gasteiger partial charge in [0.2, 0.25) is 17.0 Å². The molecule has 2 rings (SSSR count). The van der Waals surface area contributed by atoms with Gasteiger partial charge in [-0.1, -0.05) is 24.3 Å². The van der Waals surface area contributed by atoms with Gasteiger partial charge in [-0.2, -0.15) is 0 Å². The Morgan fingerprint density at radius 2 is 1.81 bits per heavy atom. The second-order valence-electron chi connectivity index (χ2n) is 2.98. The molecule has 82 valence electrons. The molecule has 0 spiro atoms. The van der Waals surface area contributed by atoms with Crippen LogP contribution >= 0.6 is 0 Å². The zero-order valence-electron chi connectivity index (χ0n) is 8.24. The van der Waals surface area contributed by atoms with Gasteiger partial charge in [-0.25, -0.2) is 9.19 Å². The van der Waals surface area contributed by atoms with Crippen LogP contribution in [0.15, 0.2) is 53.6 Å². The van der Waals surface area contributed by atoms with Gasteiger partial charge in [0.1, 0.15) is 5.75 Å². The van der Waals surface area contributed by atoms with Gasteiger partial charge in [-0.05, 0) is 18.2 Å². The molecule has 1 unspecified atom stereocenters. The first kappa shape index (κ1) is 10.8. The quantitative estimate of drug-likeness (QED) is 0.830. The van der Waals surface area contributed by atoms with Crippen LogP contribution < -0.4 is 4.74 Å². The number of rotatable bonds is 3. The molecule has 1 heterocycles. The maximum absolute atomic E-state index is 10.8. The van der Waals surface area contributed by atoms with Crippen molar-refractivity contribution in [1.82, 2.24) is 4.98 Å². The van der Waals surface area contributed by atoms with Gasteiger partial charge >= 0.3 is 0 Å². The predicted octanol–water partition coefficient (Wildman–Crippen LogP) is 2.45. The summed E-state index contributed by atoms with van der Waals surface area (Å²) in [6, 6.07) is 13.8. The van der Waals surface area contributed by atoms with Crippen molar-refractivity contribution in [2.24, 2.45) is 0 Å². The molecule has 0 aliphatic rings. The van der Waals surface area contributed by atoms with Gasteiger partial charge in [-0.15, -0.1) is 0 Å². The molecular weight excluding hydrogens is 226 g/mol. The summed E-state index contributed by atoms with van der Waals surface area (Å²) in [5.41, 5.74) is 0. The van der Waals surface area contributed by atoms with Crippen molar-refractivity contribution < 1.29 is 13.5 Å². The minimum absolute atomic E-state index is 0.0773. The van der Waals surface area contributed by atoms with Crippen molar-refractivity contribution >= 4 is 11.1 Å². The van der Waals surface area contributed by atoms with E-state index in [9.17, 15) is 4.21 Å². The molecule has 16 heavy (non-hydrogen) atoms. The first-order valence-corrected chi connectivity index (χ1v) is 5.67. The van der Waals surface area contributed by atoms with Crippen LogP contribution in [0.1, 0.15) is 0 Å². The summed E-state index contributed by atoms with van der Waals surface area (Å²) in [5.74, 6) is 0.932. The summed E-state index contributed by atoms with van der Waals surface area (Å²) in [7, 11) is 0. The number of ether oxygens (including phenoxy) is 1. The maximum Gasteiger partial charge on any atom is 0.220 e. The van der Waals surface area contributed by atoms with Crippen LogP contribution in [-0.2, 0) is 11.1 Å². The molecule has 4 nitrogen and oxygen atoms in total. The Hall–Kier alpha value is -1.72. The molecule has 0 radical (unpaired) electrons. The first-order valence-electron chi connectivity index (χ1n) is 4.56. The second kappa shape index (κ2) is 4.87. The minimum atomic E-state index is -2.09. The number of hydrogen-bond acceptors (Lipinski definition) is 3. The first-order chi connectivity index (χ1) is 7.75. The Kier molecular flexibility index (Phi) is 3.28. The van der Waals surface area contributed by atoms with Gasteiger partial charge in [0, 0.05) is 6.07 Å². The fraction of sp³-hybridized carbons (Fsp3) is 0. The molecular formula is C11H9NO3S. The van der Waals surface area contributed by atoms with Crippen molar-refractivity contribution in [3.8, 4) is 11.6 Å². The molecule has 0 bridgehead atoms. The van der Waals surface area contributed by atoms with Crippen LogP contribution in [0.3, 0.4) is 0 Å². The molecule has 0 aliphatic carbocycles. The van der Waals surface area contributed by atoms with Gasteiger partial charge in [-0.3, -0.25) is 0 Å². The highest BCUT2D eigenvalue weighted by Crippen LogP contribution is 2.19. The maximum atomic E-state index is 10.8. The predicted molar refractivity (Wildman–Crippen MR) is 59.8 cm³/mol. The largest absolute Gasteiger partial charge is 0.439 e. The van der Waals surface area contributed by atoms with Crippen LogP contribution in [0.4, 0.5) is 0 Å². The molecule has 1 aromatic heterocycles. The van der Waals surface area contributed by atoms with Crippen LogP contribution in [-0.4, -0.2) is 13.7 Å². The van der Waals surface area contributed by atoms with Crippen molar-refractivity contribution in [1.29, 1.82) is 0 Å². The Morgan fingerprint density at radius 1 is 1.06 bits per heavy atom. The smallest absolute Gasteiger partial charge is 0.220 e. The molecule has 1 atom stereocenters. The molecule has 0 saturated carbocycles. The molecule has 0 amide bonds. The van der Waals surface area contributed by atoms with Crippen LogP contribution in [0.5, 0.6) is 11.6 Å². The van der Waals surface area contributed by atoms with E-state index < -0.39 is 11.1 Å². The van der Waals surface area contributed by atoms with E-state index in [-0.39, 0.29) is 5.03 Å².